The van der Waals surface area contributed by atoms with Crippen LogP contribution < -0.4 is 0 Å². The van der Waals surface area contributed by atoms with Crippen LogP contribution in [0.15, 0.2) is 0 Å². The van der Waals surface area contributed by atoms with E-state index >= 15 is 0 Å². The molecule has 0 bridgehead atoms. The zero-order chi connectivity index (χ0) is 13.5. The molecule has 100 valence electrons. The highest BCUT2D eigenvalue weighted by Gasteiger charge is 2.47. The maximum atomic E-state index is 13.0. The van der Waals surface area contributed by atoms with Gasteiger partial charge in [-0.05, 0) is 6.92 Å². The third-order valence-electron chi connectivity index (χ3n) is 1.60. The van der Waals surface area contributed by atoms with Gasteiger partial charge in [-0.25, -0.2) is 13.6 Å². The van der Waals surface area contributed by atoms with Gasteiger partial charge in [0, 0.05) is 6.42 Å². The van der Waals surface area contributed by atoms with E-state index in [1.807, 2.05) is 0 Å². The molecule has 0 N–H and O–H groups in total. The number of halogens is 4. The highest BCUT2D eigenvalue weighted by atomic mass is 19.3. The molecule has 8 heteroatoms. The molecule has 0 aromatic carbocycles. The lowest BCUT2D eigenvalue weighted by Crippen LogP contribution is -2.39. The average molecular weight is 260 g/mol. The lowest BCUT2D eigenvalue weighted by atomic mass is 10.1. The van der Waals surface area contributed by atoms with Crippen LogP contribution in [-0.2, 0) is 19.1 Å². The van der Waals surface area contributed by atoms with Crippen molar-refractivity contribution in [3.05, 3.63) is 0 Å². The van der Waals surface area contributed by atoms with Crippen LogP contribution in [0.2, 0.25) is 0 Å². The topological polar surface area (TPSA) is 52.6 Å². The van der Waals surface area contributed by atoms with Crippen LogP contribution in [0.25, 0.3) is 0 Å². The summed E-state index contributed by atoms with van der Waals surface area (Å²) < 4.78 is 57.3. The van der Waals surface area contributed by atoms with Gasteiger partial charge in [0.2, 0.25) is 5.78 Å². The van der Waals surface area contributed by atoms with E-state index in [1.165, 1.54) is 6.92 Å². The number of rotatable bonds is 8. The zero-order valence-electron chi connectivity index (χ0n) is 9.05. The molecule has 0 amide bonds. The Labute approximate surface area is 94.9 Å². The van der Waals surface area contributed by atoms with Crippen molar-refractivity contribution in [2.24, 2.45) is 0 Å². The number of carbonyl (C=O) groups excluding carboxylic acids is 2. The van der Waals surface area contributed by atoms with Crippen molar-refractivity contribution >= 4 is 11.8 Å². The highest BCUT2D eigenvalue weighted by Crippen LogP contribution is 2.18. The average Bonchev–Trinajstić information content (AvgIpc) is 2.23. The fourth-order valence-electron chi connectivity index (χ4n) is 0.830. The largest absolute Gasteiger partial charge is 0.461 e. The van der Waals surface area contributed by atoms with Gasteiger partial charge in [-0.15, -0.1) is 0 Å². The summed E-state index contributed by atoms with van der Waals surface area (Å²) in [6.45, 7) is -0.524. The molecule has 0 saturated carbocycles. The minimum absolute atomic E-state index is 0.288. The number of esters is 1. The standard InChI is InChI=1S/C9H12F4O4/c1-2-17-8(15)9(12,13)6(14)3-4-16-5-7(10)11/h7H,2-5H2,1H3. The van der Waals surface area contributed by atoms with Crippen LogP contribution in [0.3, 0.4) is 0 Å². The number of carbonyl (C=O) groups is 2. The number of hydrogen-bond acceptors (Lipinski definition) is 4. The van der Waals surface area contributed by atoms with Crippen molar-refractivity contribution in [1.82, 2.24) is 0 Å². The Balaban J connectivity index is 4.07. The third kappa shape index (κ3) is 5.62. The highest BCUT2D eigenvalue weighted by molar-refractivity contribution is 6.05. The molecule has 0 fully saturated rings. The van der Waals surface area contributed by atoms with Gasteiger partial charge in [0.25, 0.3) is 6.43 Å². The summed E-state index contributed by atoms with van der Waals surface area (Å²) in [5, 5.41) is 0. The molecular weight excluding hydrogens is 248 g/mol. The van der Waals surface area contributed by atoms with Crippen LogP contribution in [0.4, 0.5) is 17.6 Å². The summed E-state index contributed by atoms with van der Waals surface area (Å²) in [6.07, 6.45) is -3.57. The second-order valence-electron chi connectivity index (χ2n) is 2.93. The predicted octanol–water partition coefficient (Wildman–Crippen LogP) is 1.43. The van der Waals surface area contributed by atoms with E-state index in [-0.39, 0.29) is 6.61 Å². The Morgan fingerprint density at radius 1 is 1.29 bits per heavy atom. The number of ether oxygens (including phenoxy) is 2. The van der Waals surface area contributed by atoms with Crippen molar-refractivity contribution in [2.45, 2.75) is 25.7 Å². The second-order valence-corrected chi connectivity index (χ2v) is 2.93. The summed E-state index contributed by atoms with van der Waals surface area (Å²) >= 11 is 0. The number of ketones is 1. The third-order valence-corrected chi connectivity index (χ3v) is 1.60. The van der Waals surface area contributed by atoms with E-state index in [0.29, 0.717) is 0 Å². The van der Waals surface area contributed by atoms with Crippen molar-refractivity contribution in [2.75, 3.05) is 19.8 Å². The van der Waals surface area contributed by atoms with E-state index in [2.05, 4.69) is 9.47 Å². The van der Waals surface area contributed by atoms with Gasteiger partial charge in [0.1, 0.15) is 6.61 Å². The molecule has 17 heavy (non-hydrogen) atoms. The minimum atomic E-state index is -4.26. The van der Waals surface area contributed by atoms with Gasteiger partial charge in [0.15, 0.2) is 0 Å². The lowest BCUT2D eigenvalue weighted by Gasteiger charge is -2.13. The van der Waals surface area contributed by atoms with Crippen molar-refractivity contribution in [1.29, 1.82) is 0 Å². The SMILES string of the molecule is CCOC(=O)C(F)(F)C(=O)CCOCC(F)F. The Morgan fingerprint density at radius 2 is 1.88 bits per heavy atom. The maximum absolute atomic E-state index is 13.0. The number of hydrogen-bond donors (Lipinski definition) is 0. The number of Topliss-reactive ketones (excluding diaryl/α,β-unsaturated/α-hetero) is 1. The monoisotopic (exact) mass is 260 g/mol. The maximum Gasteiger partial charge on any atom is 0.399 e. The van der Waals surface area contributed by atoms with E-state index in [1.54, 1.807) is 0 Å². The van der Waals surface area contributed by atoms with Crippen LogP contribution >= 0.6 is 0 Å². The number of alkyl halides is 4. The minimum Gasteiger partial charge on any atom is -0.461 e. The first kappa shape index (κ1) is 15.8. The summed E-state index contributed by atoms with van der Waals surface area (Å²) in [6, 6.07) is 0. The Morgan fingerprint density at radius 3 is 2.35 bits per heavy atom. The quantitative estimate of drug-likeness (QED) is 0.287. The molecule has 0 aromatic rings. The van der Waals surface area contributed by atoms with Crippen LogP contribution in [0.1, 0.15) is 13.3 Å². The molecule has 4 nitrogen and oxygen atoms in total. The lowest BCUT2D eigenvalue weighted by molar-refractivity contribution is -0.177. The molecule has 0 heterocycles. The first-order valence-corrected chi connectivity index (χ1v) is 4.76. The summed E-state index contributed by atoms with van der Waals surface area (Å²) in [5.74, 6) is -7.92. The van der Waals surface area contributed by atoms with E-state index in [9.17, 15) is 27.2 Å². The molecule has 0 aliphatic heterocycles. The fraction of sp³-hybridized carbons (Fsp3) is 0.778. The molecule has 0 radical (unpaired) electrons. The molecule has 0 saturated heterocycles. The van der Waals surface area contributed by atoms with Crippen LogP contribution in [0.5, 0.6) is 0 Å². The first-order chi connectivity index (χ1) is 7.82. The molecule has 0 spiro atoms. The van der Waals surface area contributed by atoms with Gasteiger partial charge in [0.05, 0.1) is 13.2 Å². The van der Waals surface area contributed by atoms with Gasteiger partial charge in [-0.3, -0.25) is 4.79 Å². The molecule has 0 aliphatic carbocycles. The van der Waals surface area contributed by atoms with E-state index in [0.717, 1.165) is 0 Å². The summed E-state index contributed by atoms with van der Waals surface area (Å²) in [5.41, 5.74) is 0. The molecule has 0 atom stereocenters. The second kappa shape index (κ2) is 7.21. The van der Waals surface area contributed by atoms with Crippen molar-refractivity contribution in [3.8, 4) is 0 Å². The van der Waals surface area contributed by atoms with Gasteiger partial charge >= 0.3 is 11.9 Å². The van der Waals surface area contributed by atoms with Gasteiger partial charge in [-0.2, -0.15) is 8.78 Å². The van der Waals surface area contributed by atoms with Crippen LogP contribution in [-0.4, -0.2) is 43.9 Å². The Bertz CT molecular complexity index is 268. The van der Waals surface area contributed by atoms with Crippen LogP contribution in [0, 0.1) is 0 Å². The van der Waals surface area contributed by atoms with Gasteiger partial charge in [-0.1, -0.05) is 0 Å². The van der Waals surface area contributed by atoms with Gasteiger partial charge < -0.3 is 9.47 Å². The molecule has 0 aliphatic rings. The zero-order valence-corrected chi connectivity index (χ0v) is 9.05. The summed E-state index contributed by atoms with van der Waals surface area (Å²) in [7, 11) is 0. The predicted molar refractivity (Wildman–Crippen MR) is 48.0 cm³/mol. The van der Waals surface area contributed by atoms with Crippen molar-refractivity contribution < 1.29 is 36.6 Å². The summed E-state index contributed by atoms with van der Waals surface area (Å²) in [4.78, 5) is 21.6. The molecule has 0 aromatic heterocycles. The normalized spacial score (nSPS) is 11.6. The molecular formula is C9H12F4O4. The van der Waals surface area contributed by atoms with E-state index in [4.69, 9.17) is 0 Å². The van der Waals surface area contributed by atoms with Crippen molar-refractivity contribution in [3.63, 3.8) is 0 Å². The first-order valence-electron chi connectivity index (χ1n) is 4.76. The Hall–Kier alpha value is -1.18. The molecule has 0 unspecified atom stereocenters. The fourth-order valence-corrected chi connectivity index (χ4v) is 0.830. The smallest absolute Gasteiger partial charge is 0.399 e. The molecule has 0 rings (SSSR count). The van der Waals surface area contributed by atoms with E-state index < -0.39 is 43.7 Å². The Kier molecular flexibility index (Phi) is 6.71.